The van der Waals surface area contributed by atoms with Gasteiger partial charge in [0.05, 0.1) is 12.5 Å². The number of esters is 2. The van der Waals surface area contributed by atoms with Crippen molar-refractivity contribution in [1.29, 1.82) is 0 Å². The lowest BCUT2D eigenvalue weighted by atomic mass is 9.98. The number of carbonyl (C=O) groups is 2. The molecule has 0 aliphatic carbocycles. The van der Waals surface area contributed by atoms with Gasteiger partial charge < -0.3 is 9.47 Å². The number of rotatable bonds is 9. The Balaban J connectivity index is 3.21. The molecule has 1 aromatic rings. The van der Waals surface area contributed by atoms with E-state index in [0.29, 0.717) is 12.0 Å². The Morgan fingerprint density at radius 1 is 1.36 bits per heavy atom. The van der Waals surface area contributed by atoms with Crippen molar-refractivity contribution in [3.63, 3.8) is 0 Å². The summed E-state index contributed by atoms with van der Waals surface area (Å²) in [4.78, 5) is 34.3. The largest absolute Gasteiger partial charge is 0.460 e. The summed E-state index contributed by atoms with van der Waals surface area (Å²) in [6, 6.07) is 6.92. The van der Waals surface area contributed by atoms with Gasteiger partial charge in [0.1, 0.15) is 0 Å². The molecule has 0 bridgehead atoms. The van der Waals surface area contributed by atoms with Gasteiger partial charge >= 0.3 is 11.9 Å². The smallest absolute Gasteiger partial charge is 0.374 e. The molecule has 8 heteroatoms. The number of ether oxygens (including phenoxy) is 2. The highest BCUT2D eigenvalue weighted by Crippen LogP contribution is 2.24. The Bertz CT molecular complexity index is 658. The number of nitrogens with zero attached hydrogens (tertiary/aromatic N) is 1. The first-order chi connectivity index (χ1) is 11.9. The molecule has 0 spiro atoms. The summed E-state index contributed by atoms with van der Waals surface area (Å²) in [6.45, 7) is 3.06. The standard InChI is InChI=1S/C17H20BrNO6/c1-3-6-16(20)25-15(17(21)24-4-2)10-13(11-19(22)23)12-7-5-8-14(18)9-12/h5,7-10,13H,3-4,6,11H2,1-2H3/b15-10-/t13-/m0/s1. The molecule has 0 unspecified atom stereocenters. The van der Waals surface area contributed by atoms with Crippen molar-refractivity contribution in [2.24, 2.45) is 0 Å². The molecule has 0 amide bonds. The fourth-order valence-electron chi connectivity index (χ4n) is 2.06. The van der Waals surface area contributed by atoms with E-state index in [1.807, 2.05) is 0 Å². The van der Waals surface area contributed by atoms with Crippen LogP contribution < -0.4 is 0 Å². The molecule has 25 heavy (non-hydrogen) atoms. The highest BCUT2D eigenvalue weighted by Gasteiger charge is 2.23. The van der Waals surface area contributed by atoms with Crippen LogP contribution in [0.25, 0.3) is 0 Å². The lowest BCUT2D eigenvalue weighted by Gasteiger charge is -2.13. The normalized spacial score (nSPS) is 12.4. The second-order valence-electron chi connectivity index (χ2n) is 5.15. The van der Waals surface area contributed by atoms with E-state index in [1.165, 1.54) is 6.08 Å². The quantitative estimate of drug-likeness (QED) is 0.201. The van der Waals surface area contributed by atoms with Crippen molar-refractivity contribution in [3.05, 3.63) is 56.3 Å². The van der Waals surface area contributed by atoms with Gasteiger partial charge in [-0.1, -0.05) is 35.0 Å². The van der Waals surface area contributed by atoms with Gasteiger partial charge in [-0.05, 0) is 37.1 Å². The SMILES string of the molecule is CCCC(=O)O/C(=C\[C@@H](C[N+](=O)[O-])c1cccc(Br)c1)C(=O)OCC. The van der Waals surface area contributed by atoms with Gasteiger partial charge in [0.25, 0.3) is 0 Å². The van der Waals surface area contributed by atoms with Crippen molar-refractivity contribution >= 4 is 27.9 Å². The Hall–Kier alpha value is -2.22. The van der Waals surface area contributed by atoms with E-state index < -0.39 is 29.3 Å². The minimum Gasteiger partial charge on any atom is -0.460 e. The van der Waals surface area contributed by atoms with Crippen LogP contribution in [-0.4, -0.2) is 30.0 Å². The van der Waals surface area contributed by atoms with E-state index in [1.54, 1.807) is 38.1 Å². The van der Waals surface area contributed by atoms with Crippen LogP contribution in [0.3, 0.4) is 0 Å². The molecule has 1 aromatic carbocycles. The van der Waals surface area contributed by atoms with Crippen molar-refractivity contribution in [2.45, 2.75) is 32.6 Å². The molecule has 136 valence electrons. The highest BCUT2D eigenvalue weighted by atomic mass is 79.9. The van der Waals surface area contributed by atoms with Crippen molar-refractivity contribution in [1.82, 2.24) is 0 Å². The Labute approximate surface area is 154 Å². The third kappa shape index (κ3) is 7.47. The molecule has 0 heterocycles. The molecule has 0 N–H and O–H groups in total. The van der Waals surface area contributed by atoms with Crippen LogP contribution in [0.15, 0.2) is 40.6 Å². The molecule has 0 radical (unpaired) electrons. The second kappa shape index (κ2) is 10.6. The Morgan fingerprint density at radius 2 is 2.08 bits per heavy atom. The molecule has 0 fully saturated rings. The van der Waals surface area contributed by atoms with Crippen LogP contribution in [0.4, 0.5) is 0 Å². The number of halogens is 1. The molecular weight excluding hydrogens is 394 g/mol. The fraction of sp³-hybridized carbons (Fsp3) is 0.412. The lowest BCUT2D eigenvalue weighted by molar-refractivity contribution is -0.481. The van der Waals surface area contributed by atoms with E-state index >= 15 is 0 Å². The van der Waals surface area contributed by atoms with Crippen LogP contribution >= 0.6 is 15.9 Å². The van der Waals surface area contributed by atoms with Crippen molar-refractivity contribution < 1.29 is 24.0 Å². The van der Waals surface area contributed by atoms with E-state index in [2.05, 4.69) is 15.9 Å². The predicted octanol–water partition coefficient (Wildman–Crippen LogP) is 3.60. The molecule has 0 aromatic heterocycles. The van der Waals surface area contributed by atoms with Gasteiger partial charge in [-0.25, -0.2) is 4.79 Å². The number of hydrogen-bond acceptors (Lipinski definition) is 6. The highest BCUT2D eigenvalue weighted by molar-refractivity contribution is 9.10. The van der Waals surface area contributed by atoms with Gasteiger partial charge in [0.15, 0.2) is 0 Å². The Kier molecular flexibility index (Phi) is 8.83. The third-order valence-electron chi connectivity index (χ3n) is 3.13. The average molecular weight is 414 g/mol. The summed E-state index contributed by atoms with van der Waals surface area (Å²) in [6.07, 6.45) is 1.96. The van der Waals surface area contributed by atoms with Crippen LogP contribution in [0, 0.1) is 10.1 Å². The average Bonchev–Trinajstić information content (AvgIpc) is 2.53. The summed E-state index contributed by atoms with van der Waals surface area (Å²) in [5.74, 6) is -2.49. The monoisotopic (exact) mass is 413 g/mol. The van der Waals surface area contributed by atoms with Crippen LogP contribution in [0.1, 0.15) is 38.2 Å². The maximum atomic E-state index is 12.1. The van der Waals surface area contributed by atoms with E-state index in [9.17, 15) is 19.7 Å². The van der Waals surface area contributed by atoms with Gasteiger partial charge in [-0.15, -0.1) is 0 Å². The van der Waals surface area contributed by atoms with Gasteiger partial charge in [0.2, 0.25) is 12.3 Å². The fourth-order valence-corrected chi connectivity index (χ4v) is 2.48. The zero-order valence-electron chi connectivity index (χ0n) is 14.1. The van der Waals surface area contributed by atoms with Crippen molar-refractivity contribution in [2.75, 3.05) is 13.2 Å². The molecule has 0 saturated heterocycles. The minimum absolute atomic E-state index is 0.0955. The summed E-state index contributed by atoms with van der Waals surface area (Å²) in [5, 5.41) is 11.0. The van der Waals surface area contributed by atoms with Crippen LogP contribution in [0.2, 0.25) is 0 Å². The molecule has 0 aliphatic rings. The number of carbonyl (C=O) groups excluding carboxylic acids is 2. The molecule has 1 atom stereocenters. The van der Waals surface area contributed by atoms with Crippen LogP contribution in [0.5, 0.6) is 0 Å². The van der Waals surface area contributed by atoms with Crippen LogP contribution in [-0.2, 0) is 19.1 Å². The maximum Gasteiger partial charge on any atom is 0.374 e. The zero-order chi connectivity index (χ0) is 18.8. The second-order valence-corrected chi connectivity index (χ2v) is 6.07. The number of hydrogen-bond donors (Lipinski definition) is 0. The maximum absolute atomic E-state index is 12.1. The van der Waals surface area contributed by atoms with Gasteiger partial charge in [-0.3, -0.25) is 14.9 Å². The lowest BCUT2D eigenvalue weighted by Crippen LogP contribution is -2.18. The van der Waals surface area contributed by atoms with Crippen molar-refractivity contribution in [3.8, 4) is 0 Å². The number of benzene rings is 1. The van der Waals surface area contributed by atoms with E-state index in [4.69, 9.17) is 9.47 Å². The summed E-state index contributed by atoms with van der Waals surface area (Å²) >= 11 is 3.31. The molecule has 0 aliphatic heterocycles. The first-order valence-corrected chi connectivity index (χ1v) is 8.63. The van der Waals surface area contributed by atoms with E-state index in [0.717, 1.165) is 4.47 Å². The Morgan fingerprint density at radius 3 is 2.64 bits per heavy atom. The minimum atomic E-state index is -0.824. The van der Waals surface area contributed by atoms with Gasteiger partial charge in [-0.2, -0.15) is 0 Å². The molecule has 7 nitrogen and oxygen atoms in total. The van der Waals surface area contributed by atoms with E-state index in [-0.39, 0.29) is 18.8 Å². The summed E-state index contributed by atoms with van der Waals surface area (Å²) < 4.78 is 10.7. The van der Waals surface area contributed by atoms with Gasteiger partial charge in [0, 0.05) is 15.8 Å². The third-order valence-corrected chi connectivity index (χ3v) is 3.62. The molecule has 0 saturated carbocycles. The summed E-state index contributed by atoms with van der Waals surface area (Å²) in [7, 11) is 0. The number of nitro groups is 1. The zero-order valence-corrected chi connectivity index (χ0v) is 15.7. The predicted molar refractivity (Wildman–Crippen MR) is 94.5 cm³/mol. The first kappa shape index (κ1) is 20.8. The molecule has 1 rings (SSSR count). The summed E-state index contributed by atoms with van der Waals surface area (Å²) in [5.41, 5.74) is 0.611. The topological polar surface area (TPSA) is 95.7 Å². The first-order valence-electron chi connectivity index (χ1n) is 7.84. The molecular formula is C17H20BrNO6.